The number of hydrogen-bond acceptors (Lipinski definition) is 7. The fourth-order valence-electron chi connectivity index (χ4n) is 3.98. The number of ether oxygens (including phenoxy) is 1. The SMILES string of the molecule is Cc1ccc2c(c1O)C(=O)c1ccccc1C2=O.Cc1ccccc1O.Oc1cc2c(cc1O)OCC=C2. The maximum absolute atomic E-state index is 12.3. The number of fused-ring (bicyclic) bond motifs is 3. The van der Waals surface area contributed by atoms with Crippen molar-refractivity contribution in [2.24, 2.45) is 0 Å². The maximum Gasteiger partial charge on any atom is 0.198 e. The molecule has 0 unspecified atom stereocenters. The molecule has 0 saturated carbocycles. The number of hydrogen-bond donors (Lipinski definition) is 4. The molecule has 192 valence electrons. The molecule has 0 aromatic heterocycles. The zero-order chi connectivity index (χ0) is 27.4. The van der Waals surface area contributed by atoms with E-state index in [2.05, 4.69) is 0 Å². The molecule has 4 aromatic rings. The summed E-state index contributed by atoms with van der Waals surface area (Å²) in [4.78, 5) is 24.6. The minimum absolute atomic E-state index is 0.0969. The summed E-state index contributed by atoms with van der Waals surface area (Å²) >= 11 is 0. The van der Waals surface area contributed by atoms with Gasteiger partial charge in [0.05, 0.1) is 5.56 Å². The third-order valence-electron chi connectivity index (χ3n) is 6.12. The van der Waals surface area contributed by atoms with E-state index in [0.717, 1.165) is 11.1 Å². The number of phenolic OH excluding ortho intramolecular Hbond substituents is 4. The minimum Gasteiger partial charge on any atom is -0.508 e. The van der Waals surface area contributed by atoms with Gasteiger partial charge in [-0.05, 0) is 49.2 Å². The molecular formula is C31H26O7. The number of benzene rings is 4. The summed E-state index contributed by atoms with van der Waals surface area (Å²) in [7, 11) is 0. The van der Waals surface area contributed by atoms with Crippen LogP contribution in [0.4, 0.5) is 0 Å². The van der Waals surface area contributed by atoms with Gasteiger partial charge in [0.15, 0.2) is 23.1 Å². The van der Waals surface area contributed by atoms with Crippen molar-refractivity contribution in [3.8, 4) is 28.7 Å². The van der Waals surface area contributed by atoms with E-state index in [0.29, 0.717) is 34.8 Å². The van der Waals surface area contributed by atoms with Crippen LogP contribution in [0.2, 0.25) is 0 Å². The monoisotopic (exact) mass is 510 g/mol. The van der Waals surface area contributed by atoms with Gasteiger partial charge in [0.25, 0.3) is 0 Å². The highest BCUT2D eigenvalue weighted by Gasteiger charge is 2.32. The molecule has 0 saturated heterocycles. The average molecular weight is 511 g/mol. The number of aromatic hydroxyl groups is 4. The van der Waals surface area contributed by atoms with Gasteiger partial charge in [-0.25, -0.2) is 0 Å². The molecule has 1 aliphatic heterocycles. The molecule has 7 heteroatoms. The highest BCUT2D eigenvalue weighted by molar-refractivity contribution is 6.29. The van der Waals surface area contributed by atoms with E-state index in [9.17, 15) is 14.7 Å². The van der Waals surface area contributed by atoms with E-state index in [1.807, 2.05) is 37.3 Å². The van der Waals surface area contributed by atoms with Gasteiger partial charge in [0.1, 0.15) is 23.9 Å². The Labute approximate surface area is 219 Å². The molecular weight excluding hydrogens is 484 g/mol. The lowest BCUT2D eigenvalue weighted by Crippen LogP contribution is -2.21. The average Bonchev–Trinajstić information content (AvgIpc) is 2.92. The molecule has 6 rings (SSSR count). The van der Waals surface area contributed by atoms with Gasteiger partial charge >= 0.3 is 0 Å². The lowest BCUT2D eigenvalue weighted by molar-refractivity contribution is 0.0976. The van der Waals surface area contributed by atoms with Crippen LogP contribution in [0.15, 0.2) is 78.9 Å². The van der Waals surface area contributed by atoms with E-state index in [4.69, 9.17) is 20.1 Å². The molecule has 1 aliphatic carbocycles. The largest absolute Gasteiger partial charge is 0.508 e. The molecule has 4 N–H and O–H groups in total. The van der Waals surface area contributed by atoms with E-state index >= 15 is 0 Å². The number of carbonyl (C=O) groups is 2. The molecule has 0 fully saturated rings. The Balaban J connectivity index is 0.000000145. The molecule has 0 bridgehead atoms. The van der Waals surface area contributed by atoms with Crippen molar-refractivity contribution in [3.63, 3.8) is 0 Å². The second-order valence-electron chi connectivity index (χ2n) is 8.74. The van der Waals surface area contributed by atoms with Crippen molar-refractivity contribution in [1.82, 2.24) is 0 Å². The lowest BCUT2D eigenvalue weighted by atomic mass is 9.83. The summed E-state index contributed by atoms with van der Waals surface area (Å²) in [5.41, 5.74) is 3.47. The van der Waals surface area contributed by atoms with E-state index in [1.54, 1.807) is 49.4 Å². The number of rotatable bonds is 0. The minimum atomic E-state index is -0.290. The molecule has 0 radical (unpaired) electrons. The summed E-state index contributed by atoms with van der Waals surface area (Å²) < 4.78 is 5.20. The predicted octanol–water partition coefficient (Wildman–Crippen LogP) is 5.68. The highest BCUT2D eigenvalue weighted by atomic mass is 16.5. The first-order valence-corrected chi connectivity index (χ1v) is 11.8. The van der Waals surface area contributed by atoms with Crippen LogP contribution in [-0.2, 0) is 0 Å². The molecule has 7 nitrogen and oxygen atoms in total. The summed E-state index contributed by atoms with van der Waals surface area (Å²) in [5, 5.41) is 37.2. The van der Waals surface area contributed by atoms with Crippen LogP contribution >= 0.6 is 0 Å². The molecule has 0 spiro atoms. The first-order chi connectivity index (χ1) is 18.2. The zero-order valence-corrected chi connectivity index (χ0v) is 20.8. The summed E-state index contributed by atoms with van der Waals surface area (Å²) in [6, 6.07) is 20.1. The third kappa shape index (κ3) is 5.22. The van der Waals surface area contributed by atoms with Gasteiger partial charge in [0, 0.05) is 28.3 Å². The quantitative estimate of drug-likeness (QED) is 0.198. The second-order valence-corrected chi connectivity index (χ2v) is 8.74. The van der Waals surface area contributed by atoms with Crippen LogP contribution in [0.25, 0.3) is 6.08 Å². The Morgan fingerprint density at radius 3 is 1.95 bits per heavy atom. The molecule has 4 aromatic carbocycles. The molecule has 0 atom stereocenters. The zero-order valence-electron chi connectivity index (χ0n) is 20.8. The van der Waals surface area contributed by atoms with Gasteiger partial charge < -0.3 is 25.2 Å². The first kappa shape index (κ1) is 26.0. The normalized spacial score (nSPS) is 12.5. The smallest absolute Gasteiger partial charge is 0.198 e. The van der Waals surface area contributed by atoms with E-state index in [-0.39, 0.29) is 39.9 Å². The number of para-hydroxylation sites is 1. The van der Waals surface area contributed by atoms with Gasteiger partial charge in [-0.15, -0.1) is 0 Å². The molecule has 38 heavy (non-hydrogen) atoms. The van der Waals surface area contributed by atoms with Crippen molar-refractivity contribution in [1.29, 1.82) is 0 Å². The van der Waals surface area contributed by atoms with Crippen LogP contribution in [0.1, 0.15) is 48.5 Å². The highest BCUT2D eigenvalue weighted by Crippen LogP contribution is 2.35. The fraction of sp³-hybridized carbons (Fsp3) is 0.0968. The molecule has 2 aliphatic rings. The standard InChI is InChI=1S/C15H10O3.C9H8O3.C7H8O/c1-8-6-7-11-12(13(8)16)15(18)10-5-3-2-4-9(10)14(11)17;10-7-4-6-2-1-3-12-9(6)5-8(7)11;1-6-4-2-3-5-7(6)8/h2-7,16H,1H3;1-2,4-5,10-11H,3H2;2-5,8H,1H3. The van der Waals surface area contributed by atoms with Gasteiger partial charge in [-0.2, -0.15) is 0 Å². The Bertz CT molecular complexity index is 1550. The second kappa shape index (κ2) is 10.9. The Morgan fingerprint density at radius 2 is 1.29 bits per heavy atom. The van der Waals surface area contributed by atoms with Crippen molar-refractivity contribution in [2.75, 3.05) is 6.61 Å². The van der Waals surface area contributed by atoms with Crippen molar-refractivity contribution in [2.45, 2.75) is 13.8 Å². The third-order valence-corrected chi connectivity index (χ3v) is 6.12. The number of aryl methyl sites for hydroxylation is 2. The van der Waals surface area contributed by atoms with Crippen molar-refractivity contribution in [3.05, 3.63) is 118 Å². The molecule has 0 amide bonds. The van der Waals surface area contributed by atoms with Gasteiger partial charge in [-0.3, -0.25) is 9.59 Å². The maximum atomic E-state index is 12.3. The topological polar surface area (TPSA) is 124 Å². The van der Waals surface area contributed by atoms with Crippen LogP contribution < -0.4 is 4.74 Å². The first-order valence-electron chi connectivity index (χ1n) is 11.8. The Kier molecular flexibility index (Phi) is 7.48. The number of carbonyl (C=O) groups excluding carboxylic acids is 2. The summed E-state index contributed by atoms with van der Waals surface area (Å²) in [6.45, 7) is 4.08. The van der Waals surface area contributed by atoms with Crippen LogP contribution in [-0.4, -0.2) is 38.6 Å². The Hall–Kier alpha value is -5.04. The predicted molar refractivity (Wildman–Crippen MR) is 143 cm³/mol. The van der Waals surface area contributed by atoms with E-state index < -0.39 is 0 Å². The van der Waals surface area contributed by atoms with E-state index in [1.165, 1.54) is 12.1 Å². The van der Waals surface area contributed by atoms with Crippen molar-refractivity contribution >= 4 is 17.6 Å². The van der Waals surface area contributed by atoms with Crippen LogP contribution in [0, 0.1) is 13.8 Å². The van der Waals surface area contributed by atoms with Crippen LogP contribution in [0.5, 0.6) is 28.7 Å². The van der Waals surface area contributed by atoms with Gasteiger partial charge in [0.2, 0.25) is 0 Å². The summed E-state index contributed by atoms with van der Waals surface area (Å²) in [5.74, 6) is 0.102. The number of ketones is 2. The number of phenols is 4. The molecule has 1 heterocycles. The van der Waals surface area contributed by atoms with Crippen molar-refractivity contribution < 1.29 is 34.8 Å². The summed E-state index contributed by atoms with van der Waals surface area (Å²) in [6.07, 6.45) is 3.69. The Morgan fingerprint density at radius 1 is 0.658 bits per heavy atom. The van der Waals surface area contributed by atoms with Crippen LogP contribution in [0.3, 0.4) is 0 Å². The fourth-order valence-corrected chi connectivity index (χ4v) is 3.98. The van der Waals surface area contributed by atoms with Gasteiger partial charge in [-0.1, -0.05) is 54.6 Å². The lowest BCUT2D eigenvalue weighted by Gasteiger charge is -2.18.